The molecule has 2 rings (SSSR count). The van der Waals surface area contributed by atoms with Gasteiger partial charge in [-0.05, 0) is 43.3 Å². The summed E-state index contributed by atoms with van der Waals surface area (Å²) in [6.07, 6.45) is 1.75. The van der Waals surface area contributed by atoms with Gasteiger partial charge in [0.05, 0.1) is 22.8 Å². The van der Waals surface area contributed by atoms with Gasteiger partial charge in [0.1, 0.15) is 0 Å². The number of nitrogens with one attached hydrogen (secondary N) is 1. The summed E-state index contributed by atoms with van der Waals surface area (Å²) < 4.78 is 32.6. The molecule has 5 nitrogen and oxygen atoms in total. The van der Waals surface area contributed by atoms with Crippen LogP contribution in [0.25, 0.3) is 0 Å². The molecule has 2 aromatic rings. The van der Waals surface area contributed by atoms with Crippen molar-refractivity contribution in [3.05, 3.63) is 66.7 Å². The molecule has 0 heterocycles. The Morgan fingerprint density at radius 2 is 1.88 bits per heavy atom. The fourth-order valence-electron chi connectivity index (χ4n) is 2.01. The molecule has 0 fully saturated rings. The van der Waals surface area contributed by atoms with E-state index in [4.69, 9.17) is 4.74 Å². The Morgan fingerprint density at radius 1 is 1.20 bits per heavy atom. The van der Waals surface area contributed by atoms with Crippen LogP contribution in [0, 0.1) is 0 Å². The molecule has 0 bridgehead atoms. The predicted molar refractivity (Wildman–Crippen MR) is 101 cm³/mol. The molecule has 0 aliphatic heterocycles. The van der Waals surface area contributed by atoms with Gasteiger partial charge in [0.2, 0.25) is 0 Å². The van der Waals surface area contributed by atoms with Gasteiger partial charge in [0.15, 0.2) is 0 Å². The smallest absolute Gasteiger partial charge is 0.338 e. The maximum absolute atomic E-state index is 12.6. The average Bonchev–Trinajstić information content (AvgIpc) is 2.61. The minimum absolute atomic E-state index is 0.0732. The van der Waals surface area contributed by atoms with Gasteiger partial charge < -0.3 is 4.74 Å². The summed E-state index contributed by atoms with van der Waals surface area (Å²) in [6.45, 7) is 5.64. The summed E-state index contributed by atoms with van der Waals surface area (Å²) in [4.78, 5) is 12.5. The summed E-state index contributed by atoms with van der Waals surface area (Å²) in [7, 11) is -3.76. The van der Waals surface area contributed by atoms with Gasteiger partial charge in [-0.2, -0.15) is 0 Å². The molecular weight excluding hydrogens is 358 g/mol. The van der Waals surface area contributed by atoms with Crippen molar-refractivity contribution in [3.8, 4) is 0 Å². The van der Waals surface area contributed by atoms with Crippen LogP contribution in [0.15, 0.2) is 71.0 Å². The van der Waals surface area contributed by atoms with E-state index in [0.29, 0.717) is 17.0 Å². The van der Waals surface area contributed by atoms with Crippen molar-refractivity contribution in [1.82, 2.24) is 0 Å². The highest BCUT2D eigenvalue weighted by Crippen LogP contribution is 2.29. The first-order chi connectivity index (χ1) is 12.0. The van der Waals surface area contributed by atoms with E-state index in [1.807, 2.05) is 12.1 Å². The third-order valence-electron chi connectivity index (χ3n) is 3.16. The van der Waals surface area contributed by atoms with Crippen LogP contribution < -0.4 is 4.72 Å². The molecule has 1 N–H and O–H groups in total. The highest BCUT2D eigenvalue weighted by atomic mass is 32.2. The highest BCUT2D eigenvalue weighted by Gasteiger charge is 2.17. The molecule has 0 aliphatic rings. The number of ether oxygens (including phenoxy) is 1. The molecule has 0 spiro atoms. The van der Waals surface area contributed by atoms with Crippen LogP contribution in [-0.4, -0.2) is 26.7 Å². The Balaban J connectivity index is 2.22. The number of hydrogen-bond acceptors (Lipinski definition) is 5. The van der Waals surface area contributed by atoms with E-state index in [0.717, 1.165) is 4.90 Å². The van der Waals surface area contributed by atoms with E-state index in [1.165, 1.54) is 36.0 Å². The molecule has 0 amide bonds. The quantitative estimate of drug-likeness (QED) is 0.428. The minimum Gasteiger partial charge on any atom is -0.462 e. The molecule has 132 valence electrons. The summed E-state index contributed by atoms with van der Waals surface area (Å²) in [5, 5.41) is 0. The number of benzene rings is 2. The molecule has 0 saturated heterocycles. The molecule has 0 saturated carbocycles. The standard InChI is InChI=1S/C18H19NO4S2/c1-3-13-24-17-8-6-5-7-16(17)19-25(21,22)15-11-9-14(10-12-15)18(20)23-4-2/h3,5-12,19H,1,4,13H2,2H3. The van der Waals surface area contributed by atoms with Crippen LogP contribution in [0.3, 0.4) is 0 Å². The zero-order chi connectivity index (χ0) is 18.3. The molecule has 2 aromatic carbocycles. The van der Waals surface area contributed by atoms with Crippen molar-refractivity contribution in [3.63, 3.8) is 0 Å². The van der Waals surface area contributed by atoms with Crippen LogP contribution >= 0.6 is 11.8 Å². The number of hydrogen-bond donors (Lipinski definition) is 1. The fourth-order valence-corrected chi connectivity index (χ4v) is 3.90. The van der Waals surface area contributed by atoms with Gasteiger partial charge in [-0.3, -0.25) is 4.72 Å². The van der Waals surface area contributed by atoms with Crippen LogP contribution in [0.5, 0.6) is 0 Å². The van der Waals surface area contributed by atoms with Crippen LogP contribution in [0.4, 0.5) is 5.69 Å². The summed E-state index contributed by atoms with van der Waals surface area (Å²) in [6, 6.07) is 12.8. The molecule has 0 aromatic heterocycles. The highest BCUT2D eigenvalue weighted by molar-refractivity contribution is 7.99. The van der Waals surface area contributed by atoms with Crippen molar-refractivity contribution in [2.45, 2.75) is 16.7 Å². The van der Waals surface area contributed by atoms with Gasteiger partial charge in [0.25, 0.3) is 10.0 Å². The number of carbonyl (C=O) groups excluding carboxylic acids is 1. The van der Waals surface area contributed by atoms with Crippen LogP contribution in [0.2, 0.25) is 0 Å². The van der Waals surface area contributed by atoms with E-state index in [1.54, 1.807) is 25.1 Å². The van der Waals surface area contributed by atoms with E-state index >= 15 is 0 Å². The van der Waals surface area contributed by atoms with Gasteiger partial charge >= 0.3 is 5.97 Å². The average molecular weight is 377 g/mol. The van der Waals surface area contributed by atoms with E-state index in [-0.39, 0.29) is 11.5 Å². The fraction of sp³-hybridized carbons (Fsp3) is 0.167. The molecule has 0 radical (unpaired) electrons. The first-order valence-electron chi connectivity index (χ1n) is 7.60. The van der Waals surface area contributed by atoms with E-state index < -0.39 is 16.0 Å². The number of carbonyl (C=O) groups is 1. The maximum atomic E-state index is 12.6. The summed E-state index contributed by atoms with van der Waals surface area (Å²) in [5.74, 6) is 0.193. The lowest BCUT2D eigenvalue weighted by molar-refractivity contribution is 0.0526. The molecule has 25 heavy (non-hydrogen) atoms. The number of anilines is 1. The summed E-state index contributed by atoms with van der Waals surface area (Å²) >= 11 is 1.49. The number of esters is 1. The Labute approximate surface area is 152 Å². The molecule has 0 unspecified atom stereocenters. The van der Waals surface area contributed by atoms with Crippen molar-refractivity contribution in [1.29, 1.82) is 0 Å². The van der Waals surface area contributed by atoms with Crippen molar-refractivity contribution in [2.24, 2.45) is 0 Å². The third-order valence-corrected chi connectivity index (χ3v) is 5.61. The molecule has 0 atom stereocenters. The van der Waals surface area contributed by atoms with Crippen molar-refractivity contribution < 1.29 is 17.9 Å². The number of rotatable bonds is 8. The van der Waals surface area contributed by atoms with Gasteiger partial charge in [-0.25, -0.2) is 13.2 Å². The van der Waals surface area contributed by atoms with E-state index in [9.17, 15) is 13.2 Å². The zero-order valence-corrected chi connectivity index (χ0v) is 15.4. The molecular formula is C18H19NO4S2. The second-order valence-corrected chi connectivity index (χ2v) is 7.69. The Bertz CT molecular complexity index is 846. The van der Waals surface area contributed by atoms with Gasteiger partial charge in [0, 0.05) is 10.6 Å². The lowest BCUT2D eigenvalue weighted by Crippen LogP contribution is -2.14. The number of thioether (sulfide) groups is 1. The number of para-hydroxylation sites is 1. The first kappa shape index (κ1) is 19.1. The van der Waals surface area contributed by atoms with Gasteiger partial charge in [-0.15, -0.1) is 18.3 Å². The monoisotopic (exact) mass is 377 g/mol. The Kier molecular flexibility index (Phi) is 6.66. The largest absolute Gasteiger partial charge is 0.462 e. The topological polar surface area (TPSA) is 72.5 Å². The Morgan fingerprint density at radius 3 is 2.52 bits per heavy atom. The second-order valence-electron chi connectivity index (χ2n) is 4.95. The lowest BCUT2D eigenvalue weighted by Gasteiger charge is -2.12. The van der Waals surface area contributed by atoms with Crippen LogP contribution in [-0.2, 0) is 14.8 Å². The first-order valence-corrected chi connectivity index (χ1v) is 10.1. The third kappa shape index (κ3) is 5.11. The molecule has 0 aliphatic carbocycles. The molecule has 7 heteroatoms. The minimum atomic E-state index is -3.76. The maximum Gasteiger partial charge on any atom is 0.338 e. The zero-order valence-electron chi connectivity index (χ0n) is 13.8. The van der Waals surface area contributed by atoms with Crippen molar-refractivity contribution in [2.75, 3.05) is 17.1 Å². The van der Waals surface area contributed by atoms with Crippen LogP contribution in [0.1, 0.15) is 17.3 Å². The predicted octanol–water partition coefficient (Wildman–Crippen LogP) is 3.94. The second kappa shape index (κ2) is 8.73. The summed E-state index contributed by atoms with van der Waals surface area (Å²) in [5.41, 5.74) is 0.812. The van der Waals surface area contributed by atoms with Gasteiger partial charge in [-0.1, -0.05) is 18.2 Å². The number of sulfonamides is 1. The normalized spacial score (nSPS) is 10.9. The van der Waals surface area contributed by atoms with E-state index in [2.05, 4.69) is 11.3 Å². The SMILES string of the molecule is C=CCSc1ccccc1NS(=O)(=O)c1ccc(C(=O)OCC)cc1. The van der Waals surface area contributed by atoms with Crippen molar-refractivity contribution >= 4 is 33.4 Å². The Hall–Kier alpha value is -2.25. The lowest BCUT2D eigenvalue weighted by atomic mass is 10.2.